The highest BCUT2D eigenvalue weighted by Crippen LogP contribution is 2.18. The third kappa shape index (κ3) is 1.13. The lowest BCUT2D eigenvalue weighted by molar-refractivity contribution is 0.739. The lowest BCUT2D eigenvalue weighted by Crippen LogP contribution is -2.07. The highest BCUT2D eigenvalue weighted by molar-refractivity contribution is 7.13. The van der Waals surface area contributed by atoms with E-state index in [1.807, 2.05) is 16.1 Å². The van der Waals surface area contributed by atoms with Gasteiger partial charge >= 0.3 is 0 Å². The van der Waals surface area contributed by atoms with Crippen LogP contribution in [0.15, 0.2) is 24.0 Å². The Morgan fingerprint density at radius 3 is 3.00 bits per heavy atom. The van der Waals surface area contributed by atoms with Crippen molar-refractivity contribution >= 4 is 11.3 Å². The van der Waals surface area contributed by atoms with Crippen molar-refractivity contribution in [3.05, 3.63) is 24.0 Å². The number of nitrogens with zero attached hydrogens (tertiary/aromatic N) is 3. The first kappa shape index (κ1) is 7.45. The van der Waals surface area contributed by atoms with Gasteiger partial charge in [0.2, 0.25) is 0 Å². The summed E-state index contributed by atoms with van der Waals surface area (Å²) in [5.41, 5.74) is 5.50. The number of aromatic nitrogens is 3. The van der Waals surface area contributed by atoms with Crippen molar-refractivity contribution in [2.75, 3.05) is 0 Å². The Kier molecular flexibility index (Phi) is 1.89. The maximum atomic E-state index is 5.50. The minimum atomic E-state index is 0.439. The van der Waals surface area contributed by atoms with Crippen LogP contribution in [0.1, 0.15) is 0 Å². The second-order valence-electron chi connectivity index (χ2n) is 2.24. The summed E-state index contributed by atoms with van der Waals surface area (Å²) in [5.74, 6) is 0.840. The minimum Gasteiger partial charge on any atom is -0.316 e. The average Bonchev–Trinajstić information content (AvgIpc) is 2.74. The smallest absolute Gasteiger partial charge is 0.170 e. The highest BCUT2D eigenvalue weighted by Gasteiger charge is 2.05. The van der Waals surface area contributed by atoms with Crippen molar-refractivity contribution in [3.63, 3.8) is 0 Å². The molecule has 2 aromatic heterocycles. The van der Waals surface area contributed by atoms with Gasteiger partial charge < -0.3 is 10.3 Å². The highest BCUT2D eigenvalue weighted by atomic mass is 32.1. The van der Waals surface area contributed by atoms with Crippen molar-refractivity contribution in [2.45, 2.75) is 6.67 Å². The quantitative estimate of drug-likeness (QED) is 0.747. The van der Waals surface area contributed by atoms with E-state index in [0.29, 0.717) is 6.67 Å². The van der Waals surface area contributed by atoms with Crippen molar-refractivity contribution in [2.24, 2.45) is 5.73 Å². The molecule has 0 aromatic carbocycles. The van der Waals surface area contributed by atoms with E-state index in [1.165, 1.54) is 0 Å². The van der Waals surface area contributed by atoms with Crippen molar-refractivity contribution in [1.82, 2.24) is 14.5 Å². The molecule has 0 saturated carbocycles. The molecular weight excluding hydrogens is 172 g/mol. The Balaban J connectivity index is 2.46. The molecule has 62 valence electrons. The zero-order chi connectivity index (χ0) is 8.39. The molecule has 0 aliphatic heterocycles. The summed E-state index contributed by atoms with van der Waals surface area (Å²) in [4.78, 5) is 8.31. The normalized spacial score (nSPS) is 10.4. The van der Waals surface area contributed by atoms with Gasteiger partial charge in [0.15, 0.2) is 10.8 Å². The van der Waals surface area contributed by atoms with Gasteiger partial charge in [-0.05, 0) is 0 Å². The summed E-state index contributed by atoms with van der Waals surface area (Å²) in [6.07, 6.45) is 5.33. The molecule has 2 rings (SSSR count). The molecule has 2 heterocycles. The van der Waals surface area contributed by atoms with Crippen LogP contribution in [-0.2, 0) is 6.67 Å². The molecule has 2 N–H and O–H groups in total. The Hall–Kier alpha value is -1.20. The number of rotatable bonds is 2. The number of hydrogen-bond donors (Lipinski definition) is 1. The summed E-state index contributed by atoms with van der Waals surface area (Å²) >= 11 is 1.56. The zero-order valence-corrected chi connectivity index (χ0v) is 7.16. The van der Waals surface area contributed by atoms with Crippen LogP contribution in [0.3, 0.4) is 0 Å². The first-order valence-electron chi connectivity index (χ1n) is 3.53. The molecule has 0 atom stereocenters. The molecule has 12 heavy (non-hydrogen) atoms. The first-order chi connectivity index (χ1) is 5.92. The lowest BCUT2D eigenvalue weighted by atomic mass is 10.6. The van der Waals surface area contributed by atoms with Gasteiger partial charge in [-0.25, -0.2) is 9.97 Å². The lowest BCUT2D eigenvalue weighted by Gasteiger charge is -1.99. The van der Waals surface area contributed by atoms with Gasteiger partial charge in [-0.2, -0.15) is 0 Å². The molecular formula is C7H8N4S. The average molecular weight is 180 g/mol. The van der Waals surface area contributed by atoms with E-state index < -0.39 is 0 Å². The molecule has 0 fully saturated rings. The standard InChI is InChI=1S/C7H8N4S/c8-5-11-3-1-9-6(11)7-10-2-4-12-7/h1-4H,5,8H2. The largest absolute Gasteiger partial charge is 0.316 e. The summed E-state index contributed by atoms with van der Waals surface area (Å²) in [6, 6.07) is 0. The van der Waals surface area contributed by atoms with Crippen LogP contribution in [-0.4, -0.2) is 14.5 Å². The zero-order valence-electron chi connectivity index (χ0n) is 6.34. The van der Waals surface area contributed by atoms with E-state index in [1.54, 1.807) is 23.7 Å². The second kappa shape index (κ2) is 3.04. The minimum absolute atomic E-state index is 0.439. The van der Waals surface area contributed by atoms with E-state index in [9.17, 15) is 0 Å². The van der Waals surface area contributed by atoms with Gasteiger partial charge in [-0.1, -0.05) is 0 Å². The number of hydrogen-bond acceptors (Lipinski definition) is 4. The molecule has 2 aromatic rings. The molecule has 0 amide bonds. The molecule has 0 bridgehead atoms. The van der Waals surface area contributed by atoms with E-state index in [-0.39, 0.29) is 0 Å². The van der Waals surface area contributed by atoms with E-state index in [0.717, 1.165) is 10.8 Å². The van der Waals surface area contributed by atoms with Crippen molar-refractivity contribution < 1.29 is 0 Å². The van der Waals surface area contributed by atoms with E-state index in [4.69, 9.17) is 5.73 Å². The molecule has 0 saturated heterocycles. The fraction of sp³-hybridized carbons (Fsp3) is 0.143. The first-order valence-corrected chi connectivity index (χ1v) is 4.41. The third-order valence-electron chi connectivity index (χ3n) is 1.54. The van der Waals surface area contributed by atoms with Gasteiger partial charge in [0.25, 0.3) is 0 Å². The Morgan fingerprint density at radius 2 is 2.33 bits per heavy atom. The Morgan fingerprint density at radius 1 is 1.42 bits per heavy atom. The van der Waals surface area contributed by atoms with Gasteiger partial charge in [-0.3, -0.25) is 0 Å². The molecule has 0 radical (unpaired) electrons. The summed E-state index contributed by atoms with van der Waals surface area (Å²) in [5, 5.41) is 2.83. The molecule has 0 aliphatic rings. The predicted molar refractivity (Wildman–Crippen MR) is 47.5 cm³/mol. The summed E-state index contributed by atoms with van der Waals surface area (Å²) in [6.45, 7) is 0.439. The van der Waals surface area contributed by atoms with Gasteiger partial charge in [0.1, 0.15) is 0 Å². The fourth-order valence-electron chi connectivity index (χ4n) is 0.988. The topological polar surface area (TPSA) is 56.7 Å². The van der Waals surface area contributed by atoms with Crippen LogP contribution in [0, 0.1) is 0 Å². The Labute approximate surface area is 73.7 Å². The monoisotopic (exact) mass is 180 g/mol. The van der Waals surface area contributed by atoms with Gasteiger partial charge in [-0.15, -0.1) is 11.3 Å². The van der Waals surface area contributed by atoms with Crippen LogP contribution in [0.25, 0.3) is 10.8 Å². The summed E-state index contributed by atoms with van der Waals surface area (Å²) < 4.78 is 1.86. The number of thiazole rings is 1. The van der Waals surface area contributed by atoms with Crippen LogP contribution in [0.5, 0.6) is 0 Å². The van der Waals surface area contributed by atoms with Crippen LogP contribution >= 0.6 is 11.3 Å². The van der Waals surface area contributed by atoms with Crippen LogP contribution < -0.4 is 5.73 Å². The second-order valence-corrected chi connectivity index (χ2v) is 3.14. The van der Waals surface area contributed by atoms with Crippen LogP contribution in [0.4, 0.5) is 0 Å². The number of imidazole rings is 1. The maximum Gasteiger partial charge on any atom is 0.170 e. The van der Waals surface area contributed by atoms with Crippen molar-refractivity contribution in [1.29, 1.82) is 0 Å². The third-order valence-corrected chi connectivity index (χ3v) is 2.30. The van der Waals surface area contributed by atoms with Gasteiger partial charge in [0, 0.05) is 24.0 Å². The fourth-order valence-corrected chi connectivity index (χ4v) is 1.64. The van der Waals surface area contributed by atoms with Gasteiger partial charge in [0.05, 0.1) is 6.67 Å². The van der Waals surface area contributed by atoms with Crippen molar-refractivity contribution in [3.8, 4) is 10.8 Å². The predicted octanol–water partition coefficient (Wildman–Crippen LogP) is 0.923. The number of nitrogens with two attached hydrogens (primary N) is 1. The van der Waals surface area contributed by atoms with E-state index in [2.05, 4.69) is 9.97 Å². The molecule has 5 heteroatoms. The molecule has 4 nitrogen and oxygen atoms in total. The molecule has 0 aliphatic carbocycles. The van der Waals surface area contributed by atoms with Crippen LogP contribution in [0.2, 0.25) is 0 Å². The summed E-state index contributed by atoms with van der Waals surface area (Å²) in [7, 11) is 0. The molecule has 0 spiro atoms. The Bertz CT molecular complexity index is 351. The maximum absolute atomic E-state index is 5.50. The SMILES string of the molecule is NCn1ccnc1-c1nccs1. The van der Waals surface area contributed by atoms with E-state index >= 15 is 0 Å². The molecule has 0 unspecified atom stereocenters.